The molecule has 0 amide bonds. The van der Waals surface area contributed by atoms with Gasteiger partial charge in [-0.25, -0.2) is 9.18 Å². The molecule has 15 heavy (non-hydrogen) atoms. The van der Waals surface area contributed by atoms with E-state index in [1.807, 2.05) is 0 Å². The third-order valence-electron chi connectivity index (χ3n) is 2.96. The van der Waals surface area contributed by atoms with Crippen LogP contribution < -0.4 is 0 Å². The zero-order valence-corrected chi connectivity index (χ0v) is 8.80. The fourth-order valence-corrected chi connectivity index (χ4v) is 2.01. The predicted molar refractivity (Wildman–Crippen MR) is 54.8 cm³/mol. The molecule has 1 aliphatic rings. The minimum absolute atomic E-state index is 0.108. The van der Waals surface area contributed by atoms with Crippen molar-refractivity contribution in [2.75, 3.05) is 0 Å². The van der Waals surface area contributed by atoms with Gasteiger partial charge in [0.15, 0.2) is 0 Å². The number of benzene rings is 1. The Morgan fingerprint density at radius 1 is 1.47 bits per heavy atom. The highest BCUT2D eigenvalue weighted by Crippen LogP contribution is 2.42. The lowest BCUT2D eigenvalue weighted by molar-refractivity contribution is 0.0694. The first kappa shape index (κ1) is 10.1. The summed E-state index contributed by atoms with van der Waals surface area (Å²) in [4.78, 5) is 10.9. The zero-order valence-electron chi connectivity index (χ0n) is 8.80. The van der Waals surface area contributed by atoms with Gasteiger partial charge >= 0.3 is 5.97 Å². The third-order valence-corrected chi connectivity index (χ3v) is 2.96. The van der Waals surface area contributed by atoms with Gasteiger partial charge < -0.3 is 5.11 Å². The van der Waals surface area contributed by atoms with Crippen LogP contribution in [-0.4, -0.2) is 11.1 Å². The van der Waals surface area contributed by atoms with Crippen molar-refractivity contribution >= 4 is 5.97 Å². The van der Waals surface area contributed by atoms with Crippen molar-refractivity contribution in [3.05, 3.63) is 34.1 Å². The molecular weight excluding hydrogens is 195 g/mol. The molecule has 1 aliphatic carbocycles. The second kappa shape index (κ2) is 3.33. The summed E-state index contributed by atoms with van der Waals surface area (Å²) in [5, 5.41) is 8.95. The van der Waals surface area contributed by atoms with Gasteiger partial charge in [-0.1, -0.05) is 6.07 Å². The molecule has 0 saturated heterocycles. The summed E-state index contributed by atoms with van der Waals surface area (Å²) >= 11 is 0. The largest absolute Gasteiger partial charge is 0.478 e. The van der Waals surface area contributed by atoms with Crippen LogP contribution in [0.25, 0.3) is 0 Å². The molecule has 80 valence electrons. The first-order chi connectivity index (χ1) is 7.02. The van der Waals surface area contributed by atoms with Crippen LogP contribution in [0.5, 0.6) is 0 Å². The number of halogens is 1. The molecule has 0 aromatic heterocycles. The molecule has 0 spiro atoms. The Morgan fingerprint density at radius 3 is 2.53 bits per heavy atom. The number of rotatable bonds is 2. The first-order valence-corrected chi connectivity index (χ1v) is 5.05. The van der Waals surface area contributed by atoms with Crippen LogP contribution in [0.4, 0.5) is 4.39 Å². The van der Waals surface area contributed by atoms with Crippen molar-refractivity contribution in [2.45, 2.75) is 32.6 Å². The number of aryl methyl sites for hydroxylation is 1. The molecular formula is C12H13FO2. The summed E-state index contributed by atoms with van der Waals surface area (Å²) in [5.41, 5.74) is 1.72. The molecule has 0 bridgehead atoms. The van der Waals surface area contributed by atoms with Gasteiger partial charge in [0.1, 0.15) is 5.82 Å². The van der Waals surface area contributed by atoms with Crippen LogP contribution in [0.2, 0.25) is 0 Å². The zero-order chi connectivity index (χ0) is 11.2. The lowest BCUT2D eigenvalue weighted by Crippen LogP contribution is -2.07. The van der Waals surface area contributed by atoms with Crippen LogP contribution in [-0.2, 0) is 0 Å². The van der Waals surface area contributed by atoms with Gasteiger partial charge in [0.2, 0.25) is 0 Å². The van der Waals surface area contributed by atoms with E-state index in [1.165, 1.54) is 6.92 Å². The van der Waals surface area contributed by atoms with E-state index < -0.39 is 5.97 Å². The fourth-order valence-electron chi connectivity index (χ4n) is 2.01. The molecule has 3 heteroatoms. The molecule has 0 radical (unpaired) electrons. The Hall–Kier alpha value is -1.38. The van der Waals surface area contributed by atoms with Crippen LogP contribution in [0.1, 0.15) is 45.8 Å². The predicted octanol–water partition coefficient (Wildman–Crippen LogP) is 3.02. The van der Waals surface area contributed by atoms with E-state index in [9.17, 15) is 9.18 Å². The average molecular weight is 208 g/mol. The average Bonchev–Trinajstić information content (AvgIpc) is 2.94. The lowest BCUT2D eigenvalue weighted by Gasteiger charge is -2.10. The Balaban J connectivity index is 2.61. The number of aromatic carboxylic acids is 1. The van der Waals surface area contributed by atoms with E-state index in [0.717, 1.165) is 12.8 Å². The maximum Gasteiger partial charge on any atom is 0.336 e. The summed E-state index contributed by atoms with van der Waals surface area (Å²) in [5.74, 6) is -1.07. The van der Waals surface area contributed by atoms with Gasteiger partial charge in [-0.3, -0.25) is 0 Å². The maximum absolute atomic E-state index is 13.8. The standard InChI is InChI=1S/C12H13FO2/c1-6-5-9(8-3-4-8)11(13)7(2)10(6)12(14)15/h5,8H,3-4H2,1-2H3,(H,14,15). The molecule has 1 fully saturated rings. The van der Waals surface area contributed by atoms with Gasteiger partial charge in [-0.2, -0.15) is 0 Å². The quantitative estimate of drug-likeness (QED) is 0.811. The molecule has 1 aromatic carbocycles. The van der Waals surface area contributed by atoms with Gasteiger partial charge in [-0.15, -0.1) is 0 Å². The van der Waals surface area contributed by atoms with Crippen molar-refractivity contribution in [3.63, 3.8) is 0 Å². The lowest BCUT2D eigenvalue weighted by atomic mass is 9.96. The molecule has 1 aromatic rings. The molecule has 1 N–H and O–H groups in total. The maximum atomic E-state index is 13.8. The Morgan fingerprint density at radius 2 is 2.07 bits per heavy atom. The van der Waals surface area contributed by atoms with Crippen molar-refractivity contribution in [3.8, 4) is 0 Å². The SMILES string of the molecule is Cc1cc(C2CC2)c(F)c(C)c1C(=O)O. The monoisotopic (exact) mass is 208 g/mol. The number of carboxylic acids is 1. The summed E-state index contributed by atoms with van der Waals surface area (Å²) in [6.07, 6.45) is 2.03. The van der Waals surface area contributed by atoms with Gasteiger partial charge in [-0.05, 0) is 49.3 Å². The van der Waals surface area contributed by atoms with Gasteiger partial charge in [0, 0.05) is 0 Å². The van der Waals surface area contributed by atoms with E-state index in [1.54, 1.807) is 13.0 Å². The number of carboxylic acid groups (broad SMARTS) is 1. The van der Waals surface area contributed by atoms with Crippen LogP contribution in [0, 0.1) is 19.7 Å². The minimum atomic E-state index is -1.05. The summed E-state index contributed by atoms with van der Waals surface area (Å²) in [7, 11) is 0. The highest BCUT2D eigenvalue weighted by Gasteiger charge is 2.29. The number of hydrogen-bond acceptors (Lipinski definition) is 1. The van der Waals surface area contributed by atoms with E-state index in [4.69, 9.17) is 5.11 Å². The molecule has 2 nitrogen and oxygen atoms in total. The number of carbonyl (C=O) groups is 1. The van der Waals surface area contributed by atoms with Crippen LogP contribution in [0.3, 0.4) is 0 Å². The van der Waals surface area contributed by atoms with E-state index in [2.05, 4.69) is 0 Å². The van der Waals surface area contributed by atoms with E-state index in [-0.39, 0.29) is 16.9 Å². The Kier molecular flexibility index (Phi) is 2.25. The van der Waals surface area contributed by atoms with Crippen molar-refractivity contribution in [2.24, 2.45) is 0 Å². The molecule has 2 rings (SSSR count). The van der Waals surface area contributed by atoms with Gasteiger partial charge in [0.25, 0.3) is 0 Å². The molecule has 0 atom stereocenters. The molecule has 0 heterocycles. The van der Waals surface area contributed by atoms with E-state index in [0.29, 0.717) is 17.0 Å². The Bertz CT molecular complexity index is 434. The highest BCUT2D eigenvalue weighted by atomic mass is 19.1. The molecule has 0 aliphatic heterocycles. The van der Waals surface area contributed by atoms with E-state index >= 15 is 0 Å². The van der Waals surface area contributed by atoms with Crippen LogP contribution in [0.15, 0.2) is 6.07 Å². The topological polar surface area (TPSA) is 37.3 Å². The third kappa shape index (κ3) is 1.62. The highest BCUT2D eigenvalue weighted by molar-refractivity contribution is 5.91. The van der Waals surface area contributed by atoms with Crippen molar-refractivity contribution in [1.82, 2.24) is 0 Å². The van der Waals surface area contributed by atoms with Gasteiger partial charge in [0.05, 0.1) is 5.56 Å². The van der Waals surface area contributed by atoms with Crippen molar-refractivity contribution in [1.29, 1.82) is 0 Å². The Labute approximate surface area is 87.7 Å². The minimum Gasteiger partial charge on any atom is -0.478 e. The molecule has 0 unspecified atom stereocenters. The summed E-state index contributed by atoms with van der Waals surface area (Å²) in [6.45, 7) is 3.26. The summed E-state index contributed by atoms with van der Waals surface area (Å²) in [6, 6.07) is 1.68. The number of hydrogen-bond donors (Lipinski definition) is 1. The fraction of sp³-hybridized carbons (Fsp3) is 0.417. The molecule has 1 saturated carbocycles. The van der Waals surface area contributed by atoms with Crippen LogP contribution >= 0.6 is 0 Å². The summed E-state index contributed by atoms with van der Waals surface area (Å²) < 4.78 is 13.8. The normalized spacial score (nSPS) is 15.4. The van der Waals surface area contributed by atoms with Crippen molar-refractivity contribution < 1.29 is 14.3 Å². The second-order valence-electron chi connectivity index (χ2n) is 4.18. The first-order valence-electron chi connectivity index (χ1n) is 5.05. The second-order valence-corrected chi connectivity index (χ2v) is 4.18. The smallest absolute Gasteiger partial charge is 0.336 e.